The van der Waals surface area contributed by atoms with Gasteiger partial charge in [0.1, 0.15) is 11.9 Å². The van der Waals surface area contributed by atoms with Gasteiger partial charge in [0.15, 0.2) is 0 Å². The topological polar surface area (TPSA) is 21.3 Å². The highest BCUT2D eigenvalue weighted by Crippen LogP contribution is 2.30. The van der Waals surface area contributed by atoms with Gasteiger partial charge in [0, 0.05) is 12.1 Å². The number of hydrogen-bond donors (Lipinski definition) is 1. The lowest BCUT2D eigenvalue weighted by molar-refractivity contribution is 0.137. The number of rotatable bonds is 3. The molecule has 1 N–H and O–H groups in total. The predicted molar refractivity (Wildman–Crippen MR) is 74.1 cm³/mol. The molecule has 0 amide bonds. The third-order valence-corrected chi connectivity index (χ3v) is 4.28. The lowest BCUT2D eigenvalue weighted by atomic mass is 10.0. The highest BCUT2D eigenvalue weighted by molar-refractivity contribution is 5.29. The molecule has 3 rings (SSSR count). The first-order valence-electron chi connectivity index (χ1n) is 7.23. The minimum Gasteiger partial charge on any atom is -0.490 e. The van der Waals surface area contributed by atoms with E-state index in [1.54, 1.807) is 0 Å². The molecule has 98 valence electrons. The van der Waals surface area contributed by atoms with Crippen molar-refractivity contribution in [1.82, 2.24) is 5.32 Å². The lowest BCUT2D eigenvalue weighted by Crippen LogP contribution is -2.42. The summed E-state index contributed by atoms with van der Waals surface area (Å²) in [5, 5.41) is 3.65. The van der Waals surface area contributed by atoms with Crippen molar-refractivity contribution < 1.29 is 4.74 Å². The highest BCUT2D eigenvalue weighted by Gasteiger charge is 2.34. The van der Waals surface area contributed by atoms with Crippen molar-refractivity contribution in [3.05, 3.63) is 29.8 Å². The Hall–Kier alpha value is -1.02. The monoisotopic (exact) mass is 245 g/mol. The van der Waals surface area contributed by atoms with Crippen molar-refractivity contribution in [3.63, 3.8) is 0 Å². The molecule has 2 aliphatic heterocycles. The predicted octanol–water partition coefficient (Wildman–Crippen LogP) is 3.47. The zero-order chi connectivity index (χ0) is 12.5. The molecule has 2 nitrogen and oxygen atoms in total. The van der Waals surface area contributed by atoms with Crippen molar-refractivity contribution in [2.45, 2.75) is 63.6 Å². The first-order chi connectivity index (χ1) is 8.70. The van der Waals surface area contributed by atoms with Crippen LogP contribution in [0.15, 0.2) is 24.3 Å². The maximum atomic E-state index is 6.13. The molecule has 2 bridgehead atoms. The summed E-state index contributed by atoms with van der Waals surface area (Å²) in [4.78, 5) is 0. The van der Waals surface area contributed by atoms with E-state index < -0.39 is 0 Å². The molecule has 2 aliphatic rings. The number of piperidine rings is 1. The minimum absolute atomic E-state index is 0.411. The van der Waals surface area contributed by atoms with E-state index in [-0.39, 0.29) is 0 Å². The summed E-state index contributed by atoms with van der Waals surface area (Å²) in [5.74, 6) is 1.62. The van der Waals surface area contributed by atoms with E-state index in [9.17, 15) is 0 Å². The first-order valence-corrected chi connectivity index (χ1v) is 7.23. The Bertz CT molecular complexity index is 386. The summed E-state index contributed by atoms with van der Waals surface area (Å²) in [6, 6.07) is 10.0. The minimum atomic E-state index is 0.411. The van der Waals surface area contributed by atoms with Crippen LogP contribution in [-0.4, -0.2) is 18.2 Å². The van der Waals surface area contributed by atoms with Crippen LogP contribution in [0.5, 0.6) is 5.75 Å². The van der Waals surface area contributed by atoms with Crippen LogP contribution >= 0.6 is 0 Å². The zero-order valence-electron chi connectivity index (χ0n) is 11.4. The molecular weight excluding hydrogens is 222 g/mol. The second kappa shape index (κ2) is 4.93. The van der Waals surface area contributed by atoms with Gasteiger partial charge >= 0.3 is 0 Å². The molecule has 1 aromatic rings. The van der Waals surface area contributed by atoms with Gasteiger partial charge < -0.3 is 10.1 Å². The average molecular weight is 245 g/mol. The largest absolute Gasteiger partial charge is 0.490 e. The molecule has 0 radical (unpaired) electrons. The second-order valence-corrected chi connectivity index (χ2v) is 6.07. The Morgan fingerprint density at radius 1 is 1.06 bits per heavy atom. The lowest BCUT2D eigenvalue weighted by Gasteiger charge is -2.29. The van der Waals surface area contributed by atoms with Crippen LogP contribution in [0, 0.1) is 0 Å². The van der Waals surface area contributed by atoms with E-state index in [1.807, 2.05) is 0 Å². The highest BCUT2D eigenvalue weighted by atomic mass is 16.5. The quantitative estimate of drug-likeness (QED) is 0.880. The van der Waals surface area contributed by atoms with Crippen LogP contribution in [-0.2, 0) is 0 Å². The fraction of sp³-hybridized carbons (Fsp3) is 0.625. The summed E-state index contributed by atoms with van der Waals surface area (Å²) in [7, 11) is 0. The molecule has 0 aliphatic carbocycles. The maximum Gasteiger partial charge on any atom is 0.119 e. The fourth-order valence-corrected chi connectivity index (χ4v) is 3.23. The summed E-state index contributed by atoms with van der Waals surface area (Å²) in [6.45, 7) is 4.45. The average Bonchev–Trinajstić information content (AvgIpc) is 2.69. The molecule has 2 heteroatoms. The van der Waals surface area contributed by atoms with Crippen molar-refractivity contribution in [3.8, 4) is 5.75 Å². The molecule has 1 unspecified atom stereocenters. The summed E-state index contributed by atoms with van der Waals surface area (Å²) >= 11 is 0. The molecule has 2 heterocycles. The Labute approximate surface area is 110 Å². The first kappa shape index (κ1) is 12.0. The van der Waals surface area contributed by atoms with E-state index in [4.69, 9.17) is 4.74 Å². The van der Waals surface area contributed by atoms with Crippen LogP contribution < -0.4 is 10.1 Å². The molecule has 0 saturated carbocycles. The summed E-state index contributed by atoms with van der Waals surface area (Å²) in [6.07, 6.45) is 5.41. The maximum absolute atomic E-state index is 6.13. The van der Waals surface area contributed by atoms with E-state index in [1.165, 1.54) is 31.2 Å². The van der Waals surface area contributed by atoms with Crippen molar-refractivity contribution in [2.75, 3.05) is 0 Å². The van der Waals surface area contributed by atoms with E-state index in [2.05, 4.69) is 43.4 Å². The van der Waals surface area contributed by atoms with Gasteiger partial charge in [-0.25, -0.2) is 0 Å². The Morgan fingerprint density at radius 2 is 1.67 bits per heavy atom. The molecule has 2 fully saturated rings. The van der Waals surface area contributed by atoms with E-state index in [0.29, 0.717) is 24.1 Å². The SMILES string of the molecule is CC(C)c1ccc(OC2C[C@H]3CC[C@@H](C2)N3)cc1. The Morgan fingerprint density at radius 3 is 2.22 bits per heavy atom. The molecular formula is C16H23NO. The molecule has 18 heavy (non-hydrogen) atoms. The number of hydrogen-bond acceptors (Lipinski definition) is 2. The fourth-order valence-electron chi connectivity index (χ4n) is 3.23. The van der Waals surface area contributed by atoms with Crippen LogP contribution in [0.2, 0.25) is 0 Å². The van der Waals surface area contributed by atoms with Crippen molar-refractivity contribution in [1.29, 1.82) is 0 Å². The van der Waals surface area contributed by atoms with Gasteiger partial charge in [0.25, 0.3) is 0 Å². The van der Waals surface area contributed by atoms with Crippen LogP contribution in [0.4, 0.5) is 0 Å². The molecule has 1 aromatic carbocycles. The number of benzene rings is 1. The number of nitrogens with one attached hydrogen (secondary N) is 1. The normalized spacial score (nSPS) is 30.7. The zero-order valence-corrected chi connectivity index (χ0v) is 11.4. The second-order valence-electron chi connectivity index (χ2n) is 6.07. The van der Waals surface area contributed by atoms with E-state index >= 15 is 0 Å². The standard InChI is InChI=1S/C16H23NO/c1-11(2)12-3-7-15(8-4-12)18-16-9-13-5-6-14(10-16)17-13/h3-4,7-8,11,13-14,16-17H,5-6,9-10H2,1-2H3/t13-,14+,16?. The van der Waals surface area contributed by atoms with Crippen molar-refractivity contribution >= 4 is 0 Å². The van der Waals surface area contributed by atoms with Gasteiger partial charge in [-0.2, -0.15) is 0 Å². The number of ether oxygens (including phenoxy) is 1. The van der Waals surface area contributed by atoms with Gasteiger partial charge in [-0.15, -0.1) is 0 Å². The van der Waals surface area contributed by atoms with Crippen LogP contribution in [0.3, 0.4) is 0 Å². The number of fused-ring (bicyclic) bond motifs is 2. The third kappa shape index (κ3) is 2.54. The Balaban J connectivity index is 1.62. The van der Waals surface area contributed by atoms with Crippen LogP contribution in [0.25, 0.3) is 0 Å². The van der Waals surface area contributed by atoms with Gasteiger partial charge in [-0.05, 0) is 49.3 Å². The van der Waals surface area contributed by atoms with Crippen molar-refractivity contribution in [2.24, 2.45) is 0 Å². The summed E-state index contributed by atoms with van der Waals surface area (Å²) in [5.41, 5.74) is 1.38. The van der Waals surface area contributed by atoms with Gasteiger partial charge in [-0.1, -0.05) is 26.0 Å². The van der Waals surface area contributed by atoms with Gasteiger partial charge in [0.05, 0.1) is 0 Å². The van der Waals surface area contributed by atoms with Gasteiger partial charge in [0.2, 0.25) is 0 Å². The third-order valence-electron chi connectivity index (χ3n) is 4.28. The van der Waals surface area contributed by atoms with Crippen LogP contribution in [0.1, 0.15) is 51.0 Å². The smallest absolute Gasteiger partial charge is 0.119 e. The molecule has 0 spiro atoms. The van der Waals surface area contributed by atoms with Gasteiger partial charge in [-0.3, -0.25) is 0 Å². The molecule has 0 aromatic heterocycles. The molecule has 3 atom stereocenters. The Kier molecular flexibility index (Phi) is 3.29. The van der Waals surface area contributed by atoms with E-state index in [0.717, 1.165) is 5.75 Å². The molecule has 2 saturated heterocycles. The summed E-state index contributed by atoms with van der Waals surface area (Å²) < 4.78 is 6.13.